The van der Waals surface area contributed by atoms with Crippen molar-refractivity contribution in [3.63, 3.8) is 0 Å². The number of methoxy groups -OCH3 is 1. The smallest absolute Gasteiger partial charge is 0.407 e. The average molecular weight is 401 g/mol. The van der Waals surface area contributed by atoms with E-state index in [9.17, 15) is 14.4 Å². The Kier molecular flexibility index (Phi) is 8.40. The Balaban J connectivity index is 0.00000338. The molecule has 10 heteroatoms. The number of nitrogens with zero attached hydrogens (tertiary/aromatic N) is 2. The second-order valence-electron chi connectivity index (χ2n) is 5.40. The van der Waals surface area contributed by atoms with Crippen molar-refractivity contribution in [2.75, 3.05) is 26.5 Å². The minimum atomic E-state index is -1.15. The molecule has 0 saturated carbocycles. The number of amides is 2. The molecule has 2 rings (SSSR count). The monoisotopic (exact) mass is 400 g/mol. The van der Waals surface area contributed by atoms with Crippen molar-refractivity contribution >= 4 is 47.1 Å². The van der Waals surface area contributed by atoms with E-state index >= 15 is 0 Å². The highest BCUT2D eigenvalue weighted by Crippen LogP contribution is 2.19. The van der Waals surface area contributed by atoms with Crippen LogP contribution in [0.2, 0.25) is 0 Å². The predicted molar refractivity (Wildman–Crippen MR) is 102 cm³/mol. The number of hydrazone groups is 1. The van der Waals surface area contributed by atoms with Gasteiger partial charge in [-0.15, -0.1) is 17.5 Å². The van der Waals surface area contributed by atoms with Crippen LogP contribution in [-0.2, 0) is 14.3 Å². The van der Waals surface area contributed by atoms with E-state index in [0.717, 1.165) is 17.9 Å². The van der Waals surface area contributed by atoms with E-state index in [1.54, 1.807) is 31.2 Å². The zero-order chi connectivity index (χ0) is 18.4. The van der Waals surface area contributed by atoms with Crippen molar-refractivity contribution in [3.8, 4) is 0 Å². The Morgan fingerprint density at radius 2 is 2.00 bits per heavy atom. The maximum absolute atomic E-state index is 12.6. The van der Waals surface area contributed by atoms with Crippen LogP contribution in [0.3, 0.4) is 0 Å². The fourth-order valence-electron chi connectivity index (χ4n) is 2.25. The zero-order valence-corrected chi connectivity index (χ0v) is 16.3. The molecular formula is C16H21ClN4O4S. The number of hydrogen-bond acceptors (Lipinski definition) is 6. The molecule has 1 fully saturated rings. The van der Waals surface area contributed by atoms with Crippen LogP contribution in [0, 0.1) is 6.92 Å². The van der Waals surface area contributed by atoms with E-state index in [1.165, 1.54) is 18.9 Å². The molecule has 1 aliphatic rings. The second kappa shape index (κ2) is 10.0. The number of Topliss-reactive ketones (excluding diaryl/α,β-unsaturated/α-hetero) is 1. The van der Waals surface area contributed by atoms with E-state index in [0.29, 0.717) is 10.7 Å². The van der Waals surface area contributed by atoms with Gasteiger partial charge in [-0.1, -0.05) is 36.0 Å². The molecule has 0 radical (unpaired) electrons. The van der Waals surface area contributed by atoms with E-state index in [2.05, 4.69) is 20.6 Å². The van der Waals surface area contributed by atoms with Gasteiger partial charge in [-0.3, -0.25) is 9.59 Å². The van der Waals surface area contributed by atoms with E-state index in [-0.39, 0.29) is 12.4 Å². The topological polar surface area (TPSA) is 100 Å². The summed E-state index contributed by atoms with van der Waals surface area (Å²) in [7, 11) is 3.04. The summed E-state index contributed by atoms with van der Waals surface area (Å²) in [6, 6.07) is 5.84. The molecule has 142 valence electrons. The van der Waals surface area contributed by atoms with Gasteiger partial charge in [0.15, 0.2) is 5.17 Å². The number of rotatable bonds is 5. The number of ketones is 1. The van der Waals surface area contributed by atoms with E-state index in [4.69, 9.17) is 0 Å². The summed E-state index contributed by atoms with van der Waals surface area (Å²) in [4.78, 5) is 38.2. The summed E-state index contributed by atoms with van der Waals surface area (Å²) in [5.74, 6) is -0.859. The molecule has 1 heterocycles. The molecule has 1 aromatic carbocycles. The van der Waals surface area contributed by atoms with Crippen molar-refractivity contribution in [2.45, 2.75) is 13.0 Å². The number of thioether (sulfide) groups is 1. The summed E-state index contributed by atoms with van der Waals surface area (Å²) in [5, 5.41) is 7.00. The number of benzene rings is 1. The zero-order valence-electron chi connectivity index (χ0n) is 14.6. The number of alkyl carbamates (subject to hydrolysis) is 1. The summed E-state index contributed by atoms with van der Waals surface area (Å²) in [6.07, 6.45) is -0.799. The summed E-state index contributed by atoms with van der Waals surface area (Å²) in [5.41, 5.74) is 3.55. The molecule has 0 bridgehead atoms. The number of halogens is 1. The van der Waals surface area contributed by atoms with Gasteiger partial charge < -0.3 is 15.0 Å². The van der Waals surface area contributed by atoms with Crippen LogP contribution in [0.25, 0.3) is 0 Å². The molecule has 1 aromatic rings. The molecule has 2 amide bonds. The first-order valence-electron chi connectivity index (χ1n) is 7.60. The number of carbonyl (C=O) groups excluding carboxylic acids is 3. The molecule has 2 N–H and O–H groups in total. The Bertz CT molecular complexity index is 713. The average Bonchev–Trinajstić information content (AvgIpc) is 3.02. The van der Waals surface area contributed by atoms with Gasteiger partial charge in [-0.05, 0) is 18.1 Å². The third-order valence-electron chi connectivity index (χ3n) is 3.67. The molecule has 1 atom stereocenters. The number of aryl methyl sites for hydroxylation is 1. The number of amidine groups is 1. The first-order chi connectivity index (χ1) is 11.9. The summed E-state index contributed by atoms with van der Waals surface area (Å²) < 4.78 is 4.56. The molecule has 0 aromatic heterocycles. The van der Waals surface area contributed by atoms with E-state index < -0.39 is 23.8 Å². The largest absolute Gasteiger partial charge is 0.453 e. The molecular weight excluding hydrogens is 380 g/mol. The molecule has 0 aliphatic carbocycles. The molecule has 1 saturated heterocycles. The van der Waals surface area contributed by atoms with Crippen molar-refractivity contribution < 1.29 is 19.1 Å². The maximum Gasteiger partial charge on any atom is 0.407 e. The molecule has 1 aliphatic heterocycles. The Morgan fingerprint density at radius 1 is 1.31 bits per heavy atom. The standard InChI is InChI=1S/C16H20N4O4S.ClH/c1-10-6-4-5-7-11(10)12(17-16(23)24-3)13(21)14(22)18-19-15-20(2)8-9-25-15;/h4-7,12H,8-9H2,1-3H3,(H,17,23)(H,18,22);1H. The minimum Gasteiger partial charge on any atom is -0.453 e. The molecule has 1 unspecified atom stereocenters. The van der Waals surface area contributed by atoms with Crippen molar-refractivity contribution in [1.29, 1.82) is 0 Å². The van der Waals surface area contributed by atoms with Gasteiger partial charge in [-0.2, -0.15) is 0 Å². The lowest BCUT2D eigenvalue weighted by Crippen LogP contribution is -2.41. The Morgan fingerprint density at radius 3 is 2.58 bits per heavy atom. The van der Waals surface area contributed by atoms with Crippen molar-refractivity contribution in [2.24, 2.45) is 5.10 Å². The van der Waals surface area contributed by atoms with Crippen LogP contribution in [0.4, 0.5) is 4.79 Å². The van der Waals surface area contributed by atoms with Crippen LogP contribution in [0.5, 0.6) is 0 Å². The van der Waals surface area contributed by atoms with Crippen LogP contribution >= 0.6 is 24.2 Å². The van der Waals surface area contributed by atoms with Gasteiger partial charge in [-0.25, -0.2) is 10.2 Å². The van der Waals surface area contributed by atoms with Gasteiger partial charge in [0.2, 0.25) is 5.78 Å². The Labute approximate surface area is 162 Å². The summed E-state index contributed by atoms with van der Waals surface area (Å²) >= 11 is 1.49. The number of ether oxygens (including phenoxy) is 1. The highest BCUT2D eigenvalue weighted by atomic mass is 35.5. The number of nitrogens with one attached hydrogen (secondary N) is 2. The van der Waals surface area contributed by atoms with Gasteiger partial charge in [0.1, 0.15) is 6.04 Å². The highest BCUT2D eigenvalue weighted by Gasteiger charge is 2.30. The molecule has 8 nitrogen and oxygen atoms in total. The quantitative estimate of drug-likeness (QED) is 0.573. The predicted octanol–water partition coefficient (Wildman–Crippen LogP) is 1.45. The fraction of sp³-hybridized carbons (Fsp3) is 0.375. The van der Waals surface area contributed by atoms with Crippen LogP contribution in [0.1, 0.15) is 17.2 Å². The lowest BCUT2D eigenvalue weighted by Gasteiger charge is -2.18. The lowest BCUT2D eigenvalue weighted by molar-refractivity contribution is -0.139. The van der Waals surface area contributed by atoms with E-state index in [1.807, 2.05) is 11.9 Å². The molecule has 0 spiro atoms. The normalized spacial score (nSPS) is 15.8. The maximum atomic E-state index is 12.6. The minimum absolute atomic E-state index is 0. The van der Waals surface area contributed by atoms with Crippen molar-refractivity contribution in [3.05, 3.63) is 35.4 Å². The second-order valence-corrected chi connectivity index (χ2v) is 6.46. The molecule has 26 heavy (non-hydrogen) atoms. The lowest BCUT2D eigenvalue weighted by atomic mass is 9.98. The number of carbonyl (C=O) groups is 3. The van der Waals surface area contributed by atoms with Gasteiger partial charge in [0.25, 0.3) is 0 Å². The number of hydrogen-bond donors (Lipinski definition) is 2. The van der Waals surface area contributed by atoms with Gasteiger partial charge >= 0.3 is 12.0 Å². The van der Waals surface area contributed by atoms with Gasteiger partial charge in [0.05, 0.1) is 7.11 Å². The first kappa shape index (κ1) is 21.8. The first-order valence-corrected chi connectivity index (χ1v) is 8.58. The Hall–Kier alpha value is -2.26. The van der Waals surface area contributed by atoms with Crippen molar-refractivity contribution in [1.82, 2.24) is 15.6 Å². The van der Waals surface area contributed by atoms with Crippen LogP contribution < -0.4 is 10.7 Å². The van der Waals surface area contributed by atoms with Crippen LogP contribution in [0.15, 0.2) is 29.4 Å². The SMILES string of the molecule is COC(=O)NC(C(=O)C(=O)NN=C1SCCN1C)c1ccccc1C.Cl. The third kappa shape index (κ3) is 5.37. The third-order valence-corrected chi connectivity index (χ3v) is 4.72. The fourth-order valence-corrected chi connectivity index (χ4v) is 3.22. The summed E-state index contributed by atoms with van der Waals surface area (Å²) in [6.45, 7) is 2.61. The van der Waals surface area contributed by atoms with Crippen LogP contribution in [-0.4, -0.2) is 54.3 Å². The highest BCUT2D eigenvalue weighted by molar-refractivity contribution is 8.14. The van der Waals surface area contributed by atoms with Gasteiger partial charge in [0, 0.05) is 19.3 Å².